The number of aromatic nitrogens is 2. The van der Waals surface area contributed by atoms with Crippen LogP contribution >= 0.6 is 0 Å². The second-order valence-electron chi connectivity index (χ2n) is 8.30. The van der Waals surface area contributed by atoms with Crippen molar-refractivity contribution in [2.24, 2.45) is 7.05 Å². The molecule has 2 aromatic carbocycles. The van der Waals surface area contributed by atoms with Crippen molar-refractivity contribution in [2.45, 2.75) is 31.7 Å². The molecule has 34 heavy (non-hydrogen) atoms. The highest BCUT2D eigenvalue weighted by atomic mass is 16.5. The van der Waals surface area contributed by atoms with Crippen LogP contribution in [0.1, 0.15) is 47.3 Å². The third kappa shape index (κ3) is 4.93. The molecule has 3 N–H and O–H groups in total. The van der Waals surface area contributed by atoms with E-state index in [0.717, 1.165) is 22.3 Å². The molecule has 0 radical (unpaired) electrons. The number of rotatable bonds is 8. The molecule has 0 fully saturated rings. The molecule has 1 heterocycles. The van der Waals surface area contributed by atoms with Gasteiger partial charge in [-0.05, 0) is 35.6 Å². The van der Waals surface area contributed by atoms with E-state index in [9.17, 15) is 14.4 Å². The van der Waals surface area contributed by atoms with E-state index in [-0.39, 0.29) is 42.4 Å². The fourth-order valence-corrected chi connectivity index (χ4v) is 4.19. The highest BCUT2D eigenvalue weighted by molar-refractivity contribution is 5.92. The van der Waals surface area contributed by atoms with Crippen LogP contribution < -0.4 is 10.6 Å². The Morgan fingerprint density at radius 2 is 1.71 bits per heavy atom. The second kappa shape index (κ2) is 9.78. The zero-order valence-electron chi connectivity index (χ0n) is 18.9. The highest BCUT2D eigenvalue weighted by Gasteiger charge is 2.29. The number of amides is 2. The van der Waals surface area contributed by atoms with E-state index in [1.54, 1.807) is 6.92 Å². The van der Waals surface area contributed by atoms with Crippen molar-refractivity contribution in [3.63, 3.8) is 0 Å². The Labute approximate surface area is 196 Å². The van der Waals surface area contributed by atoms with Crippen molar-refractivity contribution >= 4 is 23.8 Å². The van der Waals surface area contributed by atoms with Crippen LogP contribution in [0.4, 0.5) is 10.6 Å². The summed E-state index contributed by atoms with van der Waals surface area (Å²) in [4.78, 5) is 35.6. The molecule has 1 aliphatic carbocycles. The van der Waals surface area contributed by atoms with E-state index in [2.05, 4.69) is 40.0 Å². The SMILES string of the molecule is CC(CCC(=O)Nc1cc(C(=O)O)n(C)n1)NC(=O)OCC1c2ccccc2-c2ccccc21. The second-order valence-corrected chi connectivity index (χ2v) is 8.30. The van der Waals surface area contributed by atoms with E-state index in [1.165, 1.54) is 17.8 Å². The minimum Gasteiger partial charge on any atom is -0.477 e. The van der Waals surface area contributed by atoms with E-state index in [4.69, 9.17) is 9.84 Å². The Bertz CT molecular complexity index is 1190. The van der Waals surface area contributed by atoms with Crippen LogP contribution in [0.25, 0.3) is 11.1 Å². The van der Waals surface area contributed by atoms with E-state index >= 15 is 0 Å². The third-order valence-electron chi connectivity index (χ3n) is 5.88. The maximum Gasteiger partial charge on any atom is 0.407 e. The molecular weight excluding hydrogens is 436 g/mol. The lowest BCUT2D eigenvalue weighted by Gasteiger charge is -2.17. The predicted octanol–water partition coefficient (Wildman–Crippen LogP) is 3.76. The molecule has 9 nitrogen and oxygen atoms in total. The molecule has 176 valence electrons. The Balaban J connectivity index is 1.25. The van der Waals surface area contributed by atoms with Crippen LogP contribution in [0, 0.1) is 0 Å². The Morgan fingerprint density at radius 3 is 2.29 bits per heavy atom. The summed E-state index contributed by atoms with van der Waals surface area (Å²) in [5, 5.41) is 18.3. The van der Waals surface area contributed by atoms with Crippen LogP contribution in [0.15, 0.2) is 54.6 Å². The van der Waals surface area contributed by atoms with E-state index < -0.39 is 12.1 Å². The Kier molecular flexibility index (Phi) is 6.62. The zero-order valence-corrected chi connectivity index (χ0v) is 18.9. The largest absolute Gasteiger partial charge is 0.477 e. The molecule has 1 aliphatic rings. The normalized spacial score (nSPS) is 13.0. The van der Waals surface area contributed by atoms with Gasteiger partial charge in [-0.3, -0.25) is 9.48 Å². The van der Waals surface area contributed by atoms with Gasteiger partial charge in [-0.25, -0.2) is 9.59 Å². The van der Waals surface area contributed by atoms with Crippen LogP contribution in [-0.2, 0) is 16.6 Å². The number of aryl methyl sites for hydroxylation is 1. The minimum absolute atomic E-state index is 0.0201. The van der Waals surface area contributed by atoms with Gasteiger partial charge in [-0.2, -0.15) is 5.10 Å². The molecule has 0 bridgehead atoms. The lowest BCUT2D eigenvalue weighted by Crippen LogP contribution is -2.34. The number of alkyl carbamates (subject to hydrolysis) is 1. The fourth-order valence-electron chi connectivity index (χ4n) is 4.19. The number of aromatic carboxylic acids is 1. The number of nitrogens with one attached hydrogen (secondary N) is 2. The molecule has 0 spiro atoms. The standard InChI is InChI=1S/C25H26N4O5/c1-15(11-12-23(30)27-22-13-21(24(31)32)29(2)28-22)26-25(33)34-14-20-18-9-5-3-7-16(18)17-8-4-6-10-19(17)20/h3-10,13,15,20H,11-12,14H2,1-2H3,(H,26,33)(H,31,32)(H,27,28,30). The smallest absolute Gasteiger partial charge is 0.407 e. The summed E-state index contributed by atoms with van der Waals surface area (Å²) in [7, 11) is 1.49. The molecule has 4 rings (SSSR count). The highest BCUT2D eigenvalue weighted by Crippen LogP contribution is 2.44. The van der Waals surface area contributed by atoms with E-state index in [0.29, 0.717) is 6.42 Å². The molecule has 0 aliphatic heterocycles. The monoisotopic (exact) mass is 462 g/mol. The minimum atomic E-state index is -1.13. The maximum atomic E-state index is 12.4. The molecule has 3 aromatic rings. The fraction of sp³-hybridized carbons (Fsp3) is 0.280. The summed E-state index contributed by atoms with van der Waals surface area (Å²) < 4.78 is 6.71. The number of carbonyl (C=O) groups is 3. The summed E-state index contributed by atoms with van der Waals surface area (Å²) >= 11 is 0. The number of benzene rings is 2. The molecule has 1 aromatic heterocycles. The summed E-state index contributed by atoms with van der Waals surface area (Å²) in [5.41, 5.74) is 4.58. The molecular formula is C25H26N4O5. The van der Waals surface area contributed by atoms with Crippen molar-refractivity contribution in [1.29, 1.82) is 0 Å². The van der Waals surface area contributed by atoms with Gasteiger partial charge in [0.25, 0.3) is 0 Å². The first-order valence-corrected chi connectivity index (χ1v) is 11.0. The third-order valence-corrected chi connectivity index (χ3v) is 5.88. The molecule has 0 saturated heterocycles. The van der Waals surface area contributed by atoms with Gasteiger partial charge in [0, 0.05) is 31.5 Å². The van der Waals surface area contributed by atoms with Gasteiger partial charge in [0.15, 0.2) is 5.82 Å². The first-order valence-electron chi connectivity index (χ1n) is 11.0. The van der Waals surface area contributed by atoms with Gasteiger partial charge in [0.1, 0.15) is 12.3 Å². The average molecular weight is 463 g/mol. The van der Waals surface area contributed by atoms with Crippen LogP contribution in [0.2, 0.25) is 0 Å². The molecule has 1 unspecified atom stereocenters. The zero-order chi connectivity index (χ0) is 24.2. The van der Waals surface area contributed by atoms with Gasteiger partial charge >= 0.3 is 12.1 Å². The first-order chi connectivity index (χ1) is 16.3. The number of hydrogen-bond donors (Lipinski definition) is 3. The number of hydrogen-bond acceptors (Lipinski definition) is 5. The van der Waals surface area contributed by atoms with Gasteiger partial charge in [0.2, 0.25) is 5.91 Å². The van der Waals surface area contributed by atoms with Gasteiger partial charge in [-0.1, -0.05) is 48.5 Å². The average Bonchev–Trinajstić information content (AvgIpc) is 3.34. The summed E-state index contributed by atoms with van der Waals surface area (Å²) in [5.74, 6) is -1.30. The van der Waals surface area contributed by atoms with Crippen molar-refractivity contribution in [3.05, 3.63) is 71.4 Å². The number of anilines is 1. The molecule has 0 saturated carbocycles. The predicted molar refractivity (Wildman–Crippen MR) is 126 cm³/mol. The molecule has 2 amide bonds. The van der Waals surface area contributed by atoms with Gasteiger partial charge in [-0.15, -0.1) is 0 Å². The molecule has 1 atom stereocenters. The van der Waals surface area contributed by atoms with E-state index in [1.807, 2.05) is 24.3 Å². The number of carbonyl (C=O) groups excluding carboxylic acids is 2. The Hall–Kier alpha value is -4.14. The number of nitrogens with zero attached hydrogens (tertiary/aromatic N) is 2. The molecule has 9 heteroatoms. The van der Waals surface area contributed by atoms with Gasteiger partial charge in [0.05, 0.1) is 0 Å². The summed E-state index contributed by atoms with van der Waals surface area (Å²) in [6, 6.07) is 17.2. The topological polar surface area (TPSA) is 123 Å². The quantitative estimate of drug-likeness (QED) is 0.468. The number of ether oxygens (including phenoxy) is 1. The lowest BCUT2D eigenvalue weighted by atomic mass is 9.98. The number of fused-ring (bicyclic) bond motifs is 3. The van der Waals surface area contributed by atoms with Crippen LogP contribution in [0.3, 0.4) is 0 Å². The van der Waals surface area contributed by atoms with Crippen molar-refractivity contribution < 1.29 is 24.2 Å². The lowest BCUT2D eigenvalue weighted by molar-refractivity contribution is -0.116. The maximum absolute atomic E-state index is 12.4. The van der Waals surface area contributed by atoms with Crippen molar-refractivity contribution in [2.75, 3.05) is 11.9 Å². The number of carboxylic acids is 1. The van der Waals surface area contributed by atoms with Crippen LogP contribution in [0.5, 0.6) is 0 Å². The Morgan fingerprint density at radius 1 is 1.09 bits per heavy atom. The first kappa shape index (κ1) is 23.0. The van der Waals surface area contributed by atoms with Crippen LogP contribution in [-0.4, -0.2) is 45.5 Å². The summed E-state index contributed by atoms with van der Waals surface area (Å²) in [6.07, 6.45) is -0.0241. The number of carboxylic acid groups (broad SMARTS) is 1. The van der Waals surface area contributed by atoms with Crippen molar-refractivity contribution in [1.82, 2.24) is 15.1 Å². The summed E-state index contributed by atoms with van der Waals surface area (Å²) in [6.45, 7) is 2.01. The van der Waals surface area contributed by atoms with Gasteiger partial charge < -0.3 is 20.5 Å². The van der Waals surface area contributed by atoms with Crippen molar-refractivity contribution in [3.8, 4) is 11.1 Å².